The summed E-state index contributed by atoms with van der Waals surface area (Å²) < 4.78 is 5.67. The van der Waals surface area contributed by atoms with Gasteiger partial charge in [-0.15, -0.1) is 0 Å². The standard InChI is InChI=1S/C15H23N3O2/c1-11(2)14-16-8-7-13(17-14)15(19)18(3)10-12-6-4-5-9-20-12/h7-8,11-12H,4-6,9-10H2,1-3H3. The second-order valence-electron chi connectivity index (χ2n) is 5.63. The first kappa shape index (κ1) is 14.9. The van der Waals surface area contributed by atoms with Crippen LogP contribution in [0.25, 0.3) is 0 Å². The average Bonchev–Trinajstić information content (AvgIpc) is 2.47. The van der Waals surface area contributed by atoms with Crippen LogP contribution in [-0.4, -0.2) is 47.1 Å². The Morgan fingerprint density at radius 3 is 2.95 bits per heavy atom. The molecule has 1 aliphatic heterocycles. The summed E-state index contributed by atoms with van der Waals surface area (Å²) in [4.78, 5) is 22.6. The molecule has 110 valence electrons. The molecule has 2 rings (SSSR count). The summed E-state index contributed by atoms with van der Waals surface area (Å²) in [5.74, 6) is 0.858. The van der Waals surface area contributed by atoms with E-state index in [1.165, 1.54) is 6.42 Å². The molecule has 0 bridgehead atoms. The minimum atomic E-state index is -0.0662. The fourth-order valence-electron chi connectivity index (χ4n) is 2.31. The van der Waals surface area contributed by atoms with Crippen molar-refractivity contribution in [2.45, 2.75) is 45.1 Å². The van der Waals surface area contributed by atoms with Gasteiger partial charge in [-0.2, -0.15) is 0 Å². The van der Waals surface area contributed by atoms with Crippen molar-refractivity contribution in [2.24, 2.45) is 0 Å². The van der Waals surface area contributed by atoms with E-state index in [1.54, 1.807) is 24.2 Å². The van der Waals surface area contributed by atoms with Gasteiger partial charge in [-0.25, -0.2) is 9.97 Å². The predicted octanol–water partition coefficient (Wildman–Crippen LogP) is 2.24. The number of amides is 1. The third kappa shape index (κ3) is 3.76. The van der Waals surface area contributed by atoms with Crippen LogP contribution in [0.2, 0.25) is 0 Å². The number of nitrogens with zero attached hydrogens (tertiary/aromatic N) is 3. The highest BCUT2D eigenvalue weighted by Crippen LogP contribution is 2.15. The van der Waals surface area contributed by atoms with Crippen molar-refractivity contribution in [3.8, 4) is 0 Å². The molecule has 0 radical (unpaired) electrons. The number of aromatic nitrogens is 2. The lowest BCUT2D eigenvalue weighted by Crippen LogP contribution is -2.37. The van der Waals surface area contributed by atoms with Crippen molar-refractivity contribution < 1.29 is 9.53 Å². The number of carbonyl (C=O) groups excluding carboxylic acids is 1. The number of ether oxygens (including phenoxy) is 1. The van der Waals surface area contributed by atoms with Crippen molar-refractivity contribution in [3.05, 3.63) is 23.8 Å². The van der Waals surface area contributed by atoms with Crippen LogP contribution in [0.3, 0.4) is 0 Å². The molecule has 1 fully saturated rings. The minimum Gasteiger partial charge on any atom is -0.376 e. The van der Waals surface area contributed by atoms with E-state index < -0.39 is 0 Å². The zero-order valence-electron chi connectivity index (χ0n) is 12.5. The van der Waals surface area contributed by atoms with Crippen molar-refractivity contribution in [2.75, 3.05) is 20.2 Å². The number of likely N-dealkylation sites (N-methyl/N-ethyl adjacent to an activating group) is 1. The fraction of sp³-hybridized carbons (Fsp3) is 0.667. The maximum Gasteiger partial charge on any atom is 0.272 e. The van der Waals surface area contributed by atoms with Gasteiger partial charge in [0.05, 0.1) is 6.10 Å². The number of hydrogen-bond donors (Lipinski definition) is 0. The Labute approximate surface area is 120 Å². The molecule has 1 unspecified atom stereocenters. The van der Waals surface area contributed by atoms with Crippen LogP contribution in [0.5, 0.6) is 0 Å². The summed E-state index contributed by atoms with van der Waals surface area (Å²) in [6.07, 6.45) is 5.14. The summed E-state index contributed by atoms with van der Waals surface area (Å²) in [6, 6.07) is 1.67. The minimum absolute atomic E-state index is 0.0662. The Kier molecular flexibility index (Phi) is 5.06. The zero-order valence-corrected chi connectivity index (χ0v) is 12.5. The molecular formula is C15H23N3O2. The normalized spacial score (nSPS) is 19.1. The first-order valence-electron chi connectivity index (χ1n) is 7.28. The molecule has 0 saturated carbocycles. The lowest BCUT2D eigenvalue weighted by molar-refractivity contribution is -0.000298. The molecule has 1 aromatic heterocycles. The summed E-state index contributed by atoms with van der Waals surface area (Å²) in [7, 11) is 1.80. The molecule has 20 heavy (non-hydrogen) atoms. The van der Waals surface area contributed by atoms with Gasteiger partial charge in [-0.3, -0.25) is 4.79 Å². The van der Waals surface area contributed by atoms with Crippen molar-refractivity contribution in [3.63, 3.8) is 0 Å². The summed E-state index contributed by atoms with van der Waals surface area (Å²) in [6.45, 7) is 5.46. The number of hydrogen-bond acceptors (Lipinski definition) is 4. The van der Waals surface area contributed by atoms with E-state index in [4.69, 9.17) is 4.74 Å². The Morgan fingerprint density at radius 2 is 2.30 bits per heavy atom. The highest BCUT2D eigenvalue weighted by Gasteiger charge is 2.21. The SMILES string of the molecule is CC(C)c1nccc(C(=O)N(C)CC2CCCCO2)n1. The van der Waals surface area contributed by atoms with Gasteiger partial charge >= 0.3 is 0 Å². The topological polar surface area (TPSA) is 55.3 Å². The summed E-state index contributed by atoms with van der Waals surface area (Å²) in [5.41, 5.74) is 0.460. The Bertz CT molecular complexity index is 456. The van der Waals surface area contributed by atoms with E-state index in [2.05, 4.69) is 9.97 Å². The van der Waals surface area contributed by atoms with Gasteiger partial charge in [0.25, 0.3) is 5.91 Å². The monoisotopic (exact) mass is 277 g/mol. The van der Waals surface area contributed by atoms with E-state index >= 15 is 0 Å². The van der Waals surface area contributed by atoms with Crippen molar-refractivity contribution >= 4 is 5.91 Å². The summed E-state index contributed by atoms with van der Waals surface area (Å²) in [5, 5.41) is 0. The van der Waals surface area contributed by atoms with Crippen LogP contribution in [0.1, 0.15) is 55.3 Å². The van der Waals surface area contributed by atoms with E-state index in [1.807, 2.05) is 13.8 Å². The first-order valence-corrected chi connectivity index (χ1v) is 7.28. The summed E-state index contributed by atoms with van der Waals surface area (Å²) >= 11 is 0. The molecule has 1 aromatic rings. The molecule has 0 N–H and O–H groups in total. The first-order chi connectivity index (χ1) is 9.58. The lowest BCUT2D eigenvalue weighted by atomic mass is 10.1. The molecular weight excluding hydrogens is 254 g/mol. The Hall–Kier alpha value is -1.49. The van der Waals surface area contributed by atoms with Crippen LogP contribution < -0.4 is 0 Å². The van der Waals surface area contributed by atoms with Crippen LogP contribution in [0, 0.1) is 0 Å². The molecule has 0 spiro atoms. The molecule has 2 heterocycles. The molecule has 1 saturated heterocycles. The molecule has 5 heteroatoms. The lowest BCUT2D eigenvalue weighted by Gasteiger charge is -2.27. The van der Waals surface area contributed by atoms with Gasteiger partial charge in [-0.05, 0) is 25.3 Å². The Balaban J connectivity index is 2.00. The quantitative estimate of drug-likeness (QED) is 0.847. The number of carbonyl (C=O) groups is 1. The molecule has 0 aromatic carbocycles. The van der Waals surface area contributed by atoms with E-state index in [0.29, 0.717) is 18.1 Å². The van der Waals surface area contributed by atoms with Gasteiger partial charge in [0.2, 0.25) is 0 Å². The largest absolute Gasteiger partial charge is 0.376 e. The van der Waals surface area contributed by atoms with Gasteiger partial charge in [-0.1, -0.05) is 13.8 Å². The maximum absolute atomic E-state index is 12.4. The number of rotatable bonds is 4. The molecule has 1 atom stereocenters. The third-order valence-corrected chi connectivity index (χ3v) is 3.51. The smallest absolute Gasteiger partial charge is 0.272 e. The highest BCUT2D eigenvalue weighted by atomic mass is 16.5. The molecule has 1 aliphatic rings. The van der Waals surface area contributed by atoms with E-state index in [9.17, 15) is 4.79 Å². The molecule has 0 aliphatic carbocycles. The van der Waals surface area contributed by atoms with Crippen LogP contribution in [-0.2, 0) is 4.74 Å². The van der Waals surface area contributed by atoms with Crippen LogP contribution >= 0.6 is 0 Å². The second-order valence-corrected chi connectivity index (χ2v) is 5.63. The zero-order chi connectivity index (χ0) is 14.5. The van der Waals surface area contributed by atoms with Crippen LogP contribution in [0.15, 0.2) is 12.3 Å². The van der Waals surface area contributed by atoms with Crippen molar-refractivity contribution in [1.29, 1.82) is 0 Å². The highest BCUT2D eigenvalue weighted by molar-refractivity contribution is 5.92. The predicted molar refractivity (Wildman–Crippen MR) is 76.7 cm³/mol. The molecule has 1 amide bonds. The van der Waals surface area contributed by atoms with Gasteiger partial charge in [0.15, 0.2) is 0 Å². The van der Waals surface area contributed by atoms with Crippen LogP contribution in [0.4, 0.5) is 0 Å². The second kappa shape index (κ2) is 6.79. The van der Waals surface area contributed by atoms with E-state index in [0.717, 1.165) is 19.4 Å². The third-order valence-electron chi connectivity index (χ3n) is 3.51. The average molecular weight is 277 g/mol. The van der Waals surface area contributed by atoms with Crippen molar-refractivity contribution in [1.82, 2.24) is 14.9 Å². The molecule has 5 nitrogen and oxygen atoms in total. The Morgan fingerprint density at radius 1 is 1.50 bits per heavy atom. The van der Waals surface area contributed by atoms with E-state index in [-0.39, 0.29) is 17.9 Å². The van der Waals surface area contributed by atoms with Gasteiger partial charge in [0, 0.05) is 32.3 Å². The van der Waals surface area contributed by atoms with Gasteiger partial charge < -0.3 is 9.64 Å². The maximum atomic E-state index is 12.4. The fourth-order valence-corrected chi connectivity index (χ4v) is 2.31. The van der Waals surface area contributed by atoms with Gasteiger partial charge in [0.1, 0.15) is 11.5 Å².